The summed E-state index contributed by atoms with van der Waals surface area (Å²) in [6.45, 7) is 5.89. The van der Waals surface area contributed by atoms with Crippen LogP contribution in [0.25, 0.3) is 0 Å². The maximum absolute atomic E-state index is 5.55. The van der Waals surface area contributed by atoms with Crippen LogP contribution in [0.3, 0.4) is 0 Å². The lowest BCUT2D eigenvalue weighted by Gasteiger charge is -2.16. The van der Waals surface area contributed by atoms with E-state index in [1.54, 1.807) is 6.20 Å². The summed E-state index contributed by atoms with van der Waals surface area (Å²) in [5.74, 6) is 5.55. The minimum atomic E-state index is 0.0409. The third kappa shape index (κ3) is 3.97. The van der Waals surface area contributed by atoms with Crippen molar-refractivity contribution in [2.75, 3.05) is 0 Å². The van der Waals surface area contributed by atoms with Gasteiger partial charge in [-0.25, -0.2) is 0 Å². The monoisotopic (exact) mass is 347 g/mol. The molecule has 0 aromatic carbocycles. The first-order valence-corrected chi connectivity index (χ1v) is 6.54. The van der Waals surface area contributed by atoms with Crippen molar-refractivity contribution in [2.24, 2.45) is 5.84 Å². The molecule has 0 radical (unpaired) electrons. The van der Waals surface area contributed by atoms with Gasteiger partial charge in [-0.05, 0) is 57.7 Å². The molecule has 0 fully saturated rings. The maximum Gasteiger partial charge on any atom is 0.0729 e. The van der Waals surface area contributed by atoms with Crippen LogP contribution in [0, 0.1) is 0 Å². The van der Waals surface area contributed by atoms with Crippen molar-refractivity contribution in [1.29, 1.82) is 0 Å². The van der Waals surface area contributed by atoms with Gasteiger partial charge in [-0.15, -0.1) is 6.58 Å². The van der Waals surface area contributed by atoms with Gasteiger partial charge in [0.15, 0.2) is 0 Å². The molecule has 1 heterocycles. The molecule has 0 aliphatic rings. The number of halogens is 2. The van der Waals surface area contributed by atoms with Gasteiger partial charge in [0.2, 0.25) is 0 Å². The van der Waals surface area contributed by atoms with Crippen LogP contribution >= 0.6 is 31.9 Å². The number of aromatic nitrogens is 1. The van der Waals surface area contributed by atoms with Crippen molar-refractivity contribution in [2.45, 2.75) is 25.8 Å². The molecule has 16 heavy (non-hydrogen) atoms. The lowest BCUT2D eigenvalue weighted by molar-refractivity contribution is 0.502. The molecule has 5 heteroatoms. The predicted molar refractivity (Wildman–Crippen MR) is 73.7 cm³/mol. The number of nitrogens with zero attached hydrogens (tertiary/aromatic N) is 1. The Kier molecular flexibility index (Phi) is 5.61. The van der Waals surface area contributed by atoms with Crippen LogP contribution in [-0.4, -0.2) is 4.98 Å². The highest BCUT2D eigenvalue weighted by atomic mass is 79.9. The molecular weight excluding hydrogens is 334 g/mol. The Hall–Kier alpha value is -0.230. The number of hydrazine groups is 1. The topological polar surface area (TPSA) is 50.9 Å². The summed E-state index contributed by atoms with van der Waals surface area (Å²) < 4.78 is 1.89. The van der Waals surface area contributed by atoms with Gasteiger partial charge >= 0.3 is 0 Å². The Morgan fingerprint density at radius 2 is 2.31 bits per heavy atom. The van der Waals surface area contributed by atoms with E-state index in [1.807, 2.05) is 13.0 Å². The molecule has 0 spiro atoms. The molecule has 88 valence electrons. The Bertz CT molecular complexity index is 379. The van der Waals surface area contributed by atoms with E-state index in [0.717, 1.165) is 33.1 Å². The van der Waals surface area contributed by atoms with Gasteiger partial charge in [0, 0.05) is 15.1 Å². The summed E-state index contributed by atoms with van der Waals surface area (Å²) in [5, 5.41) is 0. The molecule has 1 aromatic heterocycles. The first-order chi connectivity index (χ1) is 7.54. The zero-order valence-electron chi connectivity index (χ0n) is 9.13. The molecule has 0 aliphatic carbocycles. The number of hydrogen-bond acceptors (Lipinski definition) is 3. The lowest BCUT2D eigenvalue weighted by Crippen LogP contribution is -2.29. The van der Waals surface area contributed by atoms with Crippen molar-refractivity contribution in [3.8, 4) is 0 Å². The minimum absolute atomic E-state index is 0.0409. The quantitative estimate of drug-likeness (QED) is 0.486. The van der Waals surface area contributed by atoms with Gasteiger partial charge in [-0.3, -0.25) is 16.3 Å². The Balaban J connectivity index is 2.82. The van der Waals surface area contributed by atoms with Crippen LogP contribution in [-0.2, 0) is 0 Å². The highest BCUT2D eigenvalue weighted by molar-refractivity contribution is 9.11. The van der Waals surface area contributed by atoms with E-state index >= 15 is 0 Å². The highest BCUT2D eigenvalue weighted by Crippen LogP contribution is 2.27. The van der Waals surface area contributed by atoms with Crippen LogP contribution in [0.15, 0.2) is 33.4 Å². The molecule has 0 aliphatic heterocycles. The highest BCUT2D eigenvalue weighted by Gasteiger charge is 2.14. The number of hydrogen-bond donors (Lipinski definition) is 2. The van der Waals surface area contributed by atoms with E-state index in [-0.39, 0.29) is 6.04 Å². The zero-order chi connectivity index (χ0) is 12.1. The SMILES string of the molecule is C=C(C)CCC(NN)c1ncc(Br)cc1Br. The molecule has 1 unspecified atom stereocenters. The van der Waals surface area contributed by atoms with E-state index in [4.69, 9.17) is 5.84 Å². The van der Waals surface area contributed by atoms with Crippen LogP contribution in [0.5, 0.6) is 0 Å². The Morgan fingerprint density at radius 1 is 1.62 bits per heavy atom. The second-order valence-corrected chi connectivity index (χ2v) is 5.51. The smallest absolute Gasteiger partial charge is 0.0729 e. The number of nitrogens with two attached hydrogens (primary N) is 1. The van der Waals surface area contributed by atoms with Gasteiger partial charge in [0.1, 0.15) is 0 Å². The number of rotatable bonds is 5. The maximum atomic E-state index is 5.55. The van der Waals surface area contributed by atoms with Gasteiger partial charge in [-0.1, -0.05) is 5.57 Å². The number of pyridine rings is 1. The molecular formula is C11H15Br2N3. The van der Waals surface area contributed by atoms with Gasteiger partial charge in [0.25, 0.3) is 0 Å². The molecule has 0 bridgehead atoms. The summed E-state index contributed by atoms with van der Waals surface area (Å²) in [7, 11) is 0. The molecule has 3 nitrogen and oxygen atoms in total. The van der Waals surface area contributed by atoms with Crippen molar-refractivity contribution in [1.82, 2.24) is 10.4 Å². The average molecular weight is 349 g/mol. The fourth-order valence-corrected chi connectivity index (χ4v) is 2.64. The van der Waals surface area contributed by atoms with Crippen LogP contribution in [0.1, 0.15) is 31.5 Å². The molecule has 0 saturated heterocycles. The Labute approximate surface area is 113 Å². The van der Waals surface area contributed by atoms with Crippen molar-refractivity contribution in [3.05, 3.63) is 39.1 Å². The van der Waals surface area contributed by atoms with E-state index in [0.29, 0.717) is 0 Å². The van der Waals surface area contributed by atoms with Crippen LogP contribution in [0.4, 0.5) is 0 Å². The molecule has 0 amide bonds. The standard InChI is InChI=1S/C11H15Br2N3/c1-7(2)3-4-10(16-14)11-9(13)5-8(12)6-15-11/h5-6,10,16H,1,3-4,14H2,2H3. The fourth-order valence-electron chi connectivity index (χ4n) is 1.37. The summed E-state index contributed by atoms with van der Waals surface area (Å²) in [6, 6.07) is 2.01. The van der Waals surface area contributed by atoms with Crippen LogP contribution in [0.2, 0.25) is 0 Å². The largest absolute Gasteiger partial charge is 0.271 e. The average Bonchev–Trinajstić information content (AvgIpc) is 2.21. The van der Waals surface area contributed by atoms with E-state index in [1.165, 1.54) is 0 Å². The molecule has 3 N–H and O–H groups in total. The molecule has 1 atom stereocenters. The summed E-state index contributed by atoms with van der Waals surface area (Å²) in [5.41, 5.74) is 4.85. The van der Waals surface area contributed by atoms with Crippen LogP contribution < -0.4 is 11.3 Å². The normalized spacial score (nSPS) is 12.5. The van der Waals surface area contributed by atoms with Crippen molar-refractivity contribution < 1.29 is 0 Å². The second-order valence-electron chi connectivity index (χ2n) is 3.74. The van der Waals surface area contributed by atoms with Crippen molar-refractivity contribution in [3.63, 3.8) is 0 Å². The Morgan fingerprint density at radius 3 is 2.81 bits per heavy atom. The first-order valence-electron chi connectivity index (χ1n) is 4.96. The third-order valence-corrected chi connectivity index (χ3v) is 3.30. The van der Waals surface area contributed by atoms with Gasteiger partial charge in [0.05, 0.1) is 11.7 Å². The van der Waals surface area contributed by atoms with E-state index in [2.05, 4.69) is 48.8 Å². The van der Waals surface area contributed by atoms with Crippen molar-refractivity contribution >= 4 is 31.9 Å². The molecule has 1 rings (SSSR count). The van der Waals surface area contributed by atoms with E-state index in [9.17, 15) is 0 Å². The molecule has 0 saturated carbocycles. The molecule has 1 aromatic rings. The van der Waals surface area contributed by atoms with E-state index < -0.39 is 0 Å². The summed E-state index contributed by atoms with van der Waals surface area (Å²) >= 11 is 6.86. The first kappa shape index (κ1) is 13.8. The second kappa shape index (κ2) is 6.49. The summed E-state index contributed by atoms with van der Waals surface area (Å²) in [4.78, 5) is 4.36. The minimum Gasteiger partial charge on any atom is -0.271 e. The van der Waals surface area contributed by atoms with Gasteiger partial charge in [-0.2, -0.15) is 0 Å². The lowest BCUT2D eigenvalue weighted by atomic mass is 10.0. The fraction of sp³-hybridized carbons (Fsp3) is 0.364. The summed E-state index contributed by atoms with van der Waals surface area (Å²) in [6.07, 6.45) is 3.59. The predicted octanol–water partition coefficient (Wildman–Crippen LogP) is 3.47. The number of allylic oxidation sites excluding steroid dienone is 1. The third-order valence-electron chi connectivity index (χ3n) is 2.23. The van der Waals surface area contributed by atoms with Gasteiger partial charge < -0.3 is 0 Å². The number of nitrogens with one attached hydrogen (secondary N) is 1. The zero-order valence-corrected chi connectivity index (χ0v) is 12.3.